The van der Waals surface area contributed by atoms with Crippen molar-refractivity contribution in [1.29, 1.82) is 0 Å². The van der Waals surface area contributed by atoms with Gasteiger partial charge in [0.15, 0.2) is 0 Å². The molecule has 0 radical (unpaired) electrons. The van der Waals surface area contributed by atoms with E-state index >= 15 is 0 Å². The molecule has 0 aliphatic heterocycles. The van der Waals surface area contributed by atoms with Crippen LogP contribution in [0.15, 0.2) is 0 Å². The maximum absolute atomic E-state index is 9.31. The van der Waals surface area contributed by atoms with Gasteiger partial charge in [0.1, 0.15) is 0 Å². The van der Waals surface area contributed by atoms with Gasteiger partial charge in [0.25, 0.3) is 0 Å². The van der Waals surface area contributed by atoms with Gasteiger partial charge in [-0.3, -0.25) is 0 Å². The largest absolute Gasteiger partial charge is 0.391 e. The standard InChI is InChI=1S/C11H23NO2/c1-8(13)9(2)14-11-6-4-10(12-3)5-7-11/h8-13H,4-7H2,1-3H3. The maximum atomic E-state index is 9.31. The summed E-state index contributed by atoms with van der Waals surface area (Å²) in [6, 6.07) is 0.664. The summed E-state index contributed by atoms with van der Waals surface area (Å²) >= 11 is 0. The van der Waals surface area contributed by atoms with E-state index in [0.29, 0.717) is 12.1 Å². The lowest BCUT2D eigenvalue weighted by Crippen LogP contribution is -2.36. The fourth-order valence-corrected chi connectivity index (χ4v) is 1.90. The Morgan fingerprint density at radius 2 is 1.79 bits per heavy atom. The van der Waals surface area contributed by atoms with E-state index in [1.54, 1.807) is 6.92 Å². The van der Waals surface area contributed by atoms with E-state index in [9.17, 15) is 5.11 Å². The predicted octanol–water partition coefficient (Wildman–Crippen LogP) is 1.30. The highest BCUT2D eigenvalue weighted by atomic mass is 16.5. The first-order valence-electron chi connectivity index (χ1n) is 5.64. The first-order chi connectivity index (χ1) is 6.63. The maximum Gasteiger partial charge on any atom is 0.0806 e. The summed E-state index contributed by atoms with van der Waals surface area (Å²) in [5, 5.41) is 12.6. The minimum atomic E-state index is -0.364. The summed E-state index contributed by atoms with van der Waals surface area (Å²) in [7, 11) is 2.02. The zero-order valence-electron chi connectivity index (χ0n) is 9.49. The van der Waals surface area contributed by atoms with Crippen molar-refractivity contribution in [2.24, 2.45) is 0 Å². The molecule has 2 N–H and O–H groups in total. The van der Waals surface area contributed by atoms with E-state index in [1.165, 1.54) is 12.8 Å². The fourth-order valence-electron chi connectivity index (χ4n) is 1.90. The lowest BCUT2D eigenvalue weighted by molar-refractivity contribution is -0.0743. The molecule has 3 heteroatoms. The molecule has 1 saturated carbocycles. The predicted molar refractivity (Wildman–Crippen MR) is 57.3 cm³/mol. The Bertz CT molecular complexity index is 153. The van der Waals surface area contributed by atoms with Gasteiger partial charge in [-0.15, -0.1) is 0 Å². The number of hydrogen-bond acceptors (Lipinski definition) is 3. The smallest absolute Gasteiger partial charge is 0.0806 e. The van der Waals surface area contributed by atoms with Crippen molar-refractivity contribution >= 4 is 0 Å². The Balaban J connectivity index is 2.22. The zero-order chi connectivity index (χ0) is 10.6. The Morgan fingerprint density at radius 1 is 1.21 bits per heavy atom. The second-order valence-corrected chi connectivity index (χ2v) is 4.34. The van der Waals surface area contributed by atoms with Gasteiger partial charge < -0.3 is 15.2 Å². The number of aliphatic hydroxyl groups excluding tert-OH is 1. The molecule has 2 atom stereocenters. The van der Waals surface area contributed by atoms with Crippen LogP contribution in [0.25, 0.3) is 0 Å². The topological polar surface area (TPSA) is 41.5 Å². The van der Waals surface area contributed by atoms with Gasteiger partial charge in [0.05, 0.1) is 18.3 Å². The summed E-state index contributed by atoms with van der Waals surface area (Å²) in [4.78, 5) is 0. The van der Waals surface area contributed by atoms with Crippen LogP contribution in [-0.4, -0.2) is 36.5 Å². The number of hydrogen-bond donors (Lipinski definition) is 2. The van der Waals surface area contributed by atoms with Crippen molar-refractivity contribution in [1.82, 2.24) is 5.32 Å². The molecule has 1 fully saturated rings. The third-order valence-corrected chi connectivity index (χ3v) is 3.17. The van der Waals surface area contributed by atoms with E-state index in [1.807, 2.05) is 14.0 Å². The van der Waals surface area contributed by atoms with Crippen LogP contribution in [0, 0.1) is 0 Å². The van der Waals surface area contributed by atoms with Crippen molar-refractivity contribution in [3.8, 4) is 0 Å². The van der Waals surface area contributed by atoms with Crippen LogP contribution in [0.2, 0.25) is 0 Å². The minimum Gasteiger partial charge on any atom is -0.391 e. The summed E-state index contributed by atoms with van der Waals surface area (Å²) in [5.74, 6) is 0. The molecule has 0 aromatic carbocycles. The first-order valence-corrected chi connectivity index (χ1v) is 5.64. The molecule has 0 spiro atoms. The van der Waals surface area contributed by atoms with Gasteiger partial charge in [-0.05, 0) is 46.6 Å². The molecule has 0 bridgehead atoms. The molecule has 0 aromatic rings. The molecule has 84 valence electrons. The Kier molecular flexibility index (Phi) is 4.85. The Morgan fingerprint density at radius 3 is 2.21 bits per heavy atom. The number of rotatable bonds is 4. The van der Waals surface area contributed by atoms with Crippen LogP contribution in [0.5, 0.6) is 0 Å². The van der Waals surface area contributed by atoms with Crippen LogP contribution in [-0.2, 0) is 4.74 Å². The van der Waals surface area contributed by atoms with E-state index in [2.05, 4.69) is 5.32 Å². The molecule has 1 rings (SSSR count). The summed E-state index contributed by atoms with van der Waals surface area (Å²) < 4.78 is 5.77. The van der Waals surface area contributed by atoms with Crippen molar-refractivity contribution < 1.29 is 9.84 Å². The van der Waals surface area contributed by atoms with Crippen molar-refractivity contribution in [3.63, 3.8) is 0 Å². The average molecular weight is 201 g/mol. The van der Waals surface area contributed by atoms with Crippen molar-refractivity contribution in [2.45, 2.75) is 63.9 Å². The van der Waals surface area contributed by atoms with Gasteiger partial charge in [0, 0.05) is 6.04 Å². The number of aliphatic hydroxyl groups is 1. The SMILES string of the molecule is CNC1CCC(OC(C)C(C)O)CC1. The third-order valence-electron chi connectivity index (χ3n) is 3.17. The third kappa shape index (κ3) is 3.56. The fraction of sp³-hybridized carbons (Fsp3) is 1.00. The quantitative estimate of drug-likeness (QED) is 0.720. The summed E-state index contributed by atoms with van der Waals surface area (Å²) in [5.41, 5.74) is 0. The Labute approximate surface area is 86.8 Å². The monoisotopic (exact) mass is 201 g/mol. The van der Waals surface area contributed by atoms with Crippen LogP contribution >= 0.6 is 0 Å². The molecular formula is C11H23NO2. The molecule has 14 heavy (non-hydrogen) atoms. The second-order valence-electron chi connectivity index (χ2n) is 4.34. The van der Waals surface area contributed by atoms with Crippen LogP contribution < -0.4 is 5.32 Å². The number of nitrogens with one attached hydrogen (secondary N) is 1. The highest BCUT2D eigenvalue weighted by Crippen LogP contribution is 2.22. The summed E-state index contributed by atoms with van der Waals surface area (Å²) in [6.45, 7) is 3.72. The van der Waals surface area contributed by atoms with Crippen LogP contribution in [0.1, 0.15) is 39.5 Å². The van der Waals surface area contributed by atoms with Gasteiger partial charge >= 0.3 is 0 Å². The lowest BCUT2D eigenvalue weighted by atomic mass is 9.93. The molecule has 1 aliphatic rings. The van der Waals surface area contributed by atoms with E-state index in [-0.39, 0.29) is 12.2 Å². The lowest BCUT2D eigenvalue weighted by Gasteiger charge is -2.31. The number of ether oxygens (including phenoxy) is 1. The van der Waals surface area contributed by atoms with E-state index in [4.69, 9.17) is 4.74 Å². The van der Waals surface area contributed by atoms with Crippen LogP contribution in [0.4, 0.5) is 0 Å². The normalized spacial score (nSPS) is 32.6. The molecule has 0 amide bonds. The highest BCUT2D eigenvalue weighted by Gasteiger charge is 2.23. The van der Waals surface area contributed by atoms with Crippen LogP contribution in [0.3, 0.4) is 0 Å². The van der Waals surface area contributed by atoms with Gasteiger partial charge in [-0.1, -0.05) is 0 Å². The first kappa shape index (κ1) is 12.0. The van der Waals surface area contributed by atoms with Crippen molar-refractivity contribution in [3.05, 3.63) is 0 Å². The van der Waals surface area contributed by atoms with E-state index in [0.717, 1.165) is 12.8 Å². The van der Waals surface area contributed by atoms with E-state index < -0.39 is 0 Å². The molecule has 0 saturated heterocycles. The average Bonchev–Trinajstić information content (AvgIpc) is 2.19. The summed E-state index contributed by atoms with van der Waals surface area (Å²) in [6.07, 6.45) is 4.55. The van der Waals surface area contributed by atoms with Gasteiger partial charge in [-0.2, -0.15) is 0 Å². The second kappa shape index (κ2) is 5.69. The van der Waals surface area contributed by atoms with Gasteiger partial charge in [0.2, 0.25) is 0 Å². The van der Waals surface area contributed by atoms with Gasteiger partial charge in [-0.25, -0.2) is 0 Å². The molecule has 0 aromatic heterocycles. The van der Waals surface area contributed by atoms with Crippen molar-refractivity contribution in [2.75, 3.05) is 7.05 Å². The molecule has 3 nitrogen and oxygen atoms in total. The minimum absolute atomic E-state index is 0.0360. The zero-order valence-corrected chi connectivity index (χ0v) is 9.49. The molecule has 2 unspecified atom stereocenters. The highest BCUT2D eigenvalue weighted by molar-refractivity contribution is 4.77. The molecule has 1 aliphatic carbocycles. The molecule has 0 heterocycles. The molecular weight excluding hydrogens is 178 g/mol. The Hall–Kier alpha value is -0.120.